The quantitative estimate of drug-likeness (QED) is 0.0535. The Kier molecular flexibility index (Phi) is 14.8. The van der Waals surface area contributed by atoms with Crippen molar-refractivity contribution in [2.45, 2.75) is 83.7 Å². The van der Waals surface area contributed by atoms with E-state index < -0.39 is 31.9 Å². The van der Waals surface area contributed by atoms with Crippen LogP contribution >= 0.6 is 7.60 Å². The number of benzene rings is 3. The average Bonchev–Trinajstić information content (AvgIpc) is 4.21. The molecule has 4 atom stereocenters. The highest BCUT2D eigenvalue weighted by atomic mass is 31.2. The molecule has 18 nitrogen and oxygen atoms in total. The summed E-state index contributed by atoms with van der Waals surface area (Å²) in [5, 5.41) is 5.39. The molecule has 3 aromatic heterocycles. The lowest BCUT2D eigenvalue weighted by Gasteiger charge is -2.30. The molecule has 3 aromatic carbocycles. The summed E-state index contributed by atoms with van der Waals surface area (Å²) in [6, 6.07) is 25.4. The van der Waals surface area contributed by atoms with Crippen LogP contribution in [0.15, 0.2) is 97.3 Å². The minimum Gasteiger partial charge on any atom is -0.453 e. The number of rotatable bonds is 15. The van der Waals surface area contributed by atoms with E-state index in [1.807, 2.05) is 100 Å². The molecule has 0 bridgehead atoms. The Bertz CT molecular complexity index is 2710. The van der Waals surface area contributed by atoms with Crippen molar-refractivity contribution >= 4 is 31.6 Å². The van der Waals surface area contributed by atoms with Crippen molar-refractivity contribution in [3.05, 3.63) is 115 Å². The van der Waals surface area contributed by atoms with Crippen molar-refractivity contribution in [1.82, 2.24) is 44.9 Å². The van der Waals surface area contributed by atoms with Gasteiger partial charge in [0.1, 0.15) is 23.7 Å². The zero-order chi connectivity index (χ0) is 49.9. The van der Waals surface area contributed by atoms with Gasteiger partial charge in [-0.25, -0.2) is 19.6 Å². The third kappa shape index (κ3) is 10.7. The standard InChI is InChI=1S/C51H60N9O9P/c1-30(2)44(56-50(63)68-5)48(61)58-25-7-9-42(58)46-52-27-38(54-46)33-13-17-35(18-14-33)40-23-24-41(60(40)37-21-11-32(12-22-37)29-70(65,66)67)36-19-15-34(16-20-36)39-28-53-47(55-39)43-10-8-26-59(43)49(62)45(31(3)4)57-51(64)69-6/h11-24,27-28,30-31,42-45H,7-10,25-26,29H2,1-6H3,(H,52,54)(H,53,55)(H,56,63)(H,57,64)(H2,65,66,67)/t42-,43-,44-,45-/m0/s1. The second-order valence-corrected chi connectivity index (χ2v) is 20.2. The summed E-state index contributed by atoms with van der Waals surface area (Å²) in [6.07, 6.45) is 4.93. The van der Waals surface area contributed by atoms with E-state index in [-0.39, 0.29) is 41.9 Å². The predicted octanol–water partition coefficient (Wildman–Crippen LogP) is 8.36. The van der Waals surface area contributed by atoms with Gasteiger partial charge in [0.15, 0.2) is 0 Å². The highest BCUT2D eigenvalue weighted by molar-refractivity contribution is 7.50. The van der Waals surface area contributed by atoms with Crippen LogP contribution in [-0.4, -0.2) is 107 Å². The topological polar surface area (TPSA) is 237 Å². The van der Waals surface area contributed by atoms with Gasteiger partial charge in [-0.1, -0.05) is 88.4 Å². The summed E-state index contributed by atoms with van der Waals surface area (Å²) < 4.78 is 23.5. The number of carbonyl (C=O) groups is 4. The molecule has 0 saturated carbocycles. The molecular formula is C51H60N9O9P. The van der Waals surface area contributed by atoms with Crippen molar-refractivity contribution in [3.63, 3.8) is 0 Å². The first-order chi connectivity index (χ1) is 33.5. The molecule has 2 fully saturated rings. The van der Waals surface area contributed by atoms with Gasteiger partial charge >= 0.3 is 19.8 Å². The maximum Gasteiger partial charge on any atom is 0.407 e. The molecule has 0 radical (unpaired) electrons. The predicted molar refractivity (Wildman–Crippen MR) is 263 cm³/mol. The number of nitrogens with zero attached hydrogens (tertiary/aromatic N) is 5. The molecule has 4 amide bonds. The van der Waals surface area contributed by atoms with Gasteiger partial charge in [0.05, 0.1) is 67.6 Å². The van der Waals surface area contributed by atoms with Crippen LogP contribution in [0.1, 0.15) is 82.7 Å². The Morgan fingerprint density at radius 1 is 0.643 bits per heavy atom. The lowest BCUT2D eigenvalue weighted by molar-refractivity contribution is -0.136. The number of imidazole rings is 2. The number of ether oxygens (including phenoxy) is 2. The van der Waals surface area contributed by atoms with Gasteiger partial charge in [0.25, 0.3) is 0 Å². The maximum atomic E-state index is 13.7. The highest BCUT2D eigenvalue weighted by Crippen LogP contribution is 2.41. The Labute approximate surface area is 406 Å². The molecule has 6 N–H and O–H groups in total. The normalized spacial score (nSPS) is 16.9. The molecule has 368 valence electrons. The number of aromatic nitrogens is 5. The largest absolute Gasteiger partial charge is 0.453 e. The van der Waals surface area contributed by atoms with Crippen molar-refractivity contribution in [2.24, 2.45) is 11.8 Å². The van der Waals surface area contributed by atoms with Gasteiger partial charge in [-0.05, 0) is 89.6 Å². The number of amides is 4. The Hall–Kier alpha value is -7.01. The fourth-order valence-corrected chi connectivity index (χ4v) is 10.2. The Morgan fingerprint density at radius 2 is 1.04 bits per heavy atom. The van der Waals surface area contributed by atoms with E-state index in [0.717, 1.165) is 76.4 Å². The smallest absolute Gasteiger partial charge is 0.407 e. The first-order valence-corrected chi connectivity index (χ1v) is 25.3. The molecule has 0 unspecified atom stereocenters. The molecular weight excluding hydrogens is 914 g/mol. The van der Waals surface area contributed by atoms with Crippen LogP contribution in [0.3, 0.4) is 0 Å². The number of likely N-dealkylation sites (tertiary alicyclic amines) is 2. The number of hydrogen-bond acceptors (Lipinski definition) is 9. The number of aromatic amines is 2. The molecule has 5 heterocycles. The van der Waals surface area contributed by atoms with Crippen molar-refractivity contribution in [2.75, 3.05) is 27.3 Å². The second-order valence-electron chi connectivity index (χ2n) is 18.5. The molecule has 0 aliphatic carbocycles. The first-order valence-electron chi connectivity index (χ1n) is 23.5. The van der Waals surface area contributed by atoms with Gasteiger partial charge in [-0.2, -0.15) is 0 Å². The van der Waals surface area contributed by atoms with Gasteiger partial charge in [0.2, 0.25) is 11.8 Å². The number of carbonyl (C=O) groups excluding carboxylic acids is 4. The van der Waals surface area contributed by atoms with Crippen molar-refractivity contribution in [1.29, 1.82) is 0 Å². The van der Waals surface area contributed by atoms with E-state index >= 15 is 0 Å². The van der Waals surface area contributed by atoms with Gasteiger partial charge in [-0.3, -0.25) is 14.2 Å². The monoisotopic (exact) mass is 973 g/mol. The fraction of sp³-hybridized carbons (Fsp3) is 0.373. The molecule has 19 heteroatoms. The molecule has 70 heavy (non-hydrogen) atoms. The Balaban J connectivity index is 1.04. The van der Waals surface area contributed by atoms with Gasteiger partial charge in [0, 0.05) is 18.8 Å². The van der Waals surface area contributed by atoms with E-state index in [9.17, 15) is 33.5 Å². The van der Waals surface area contributed by atoms with Gasteiger partial charge < -0.3 is 54.2 Å². The SMILES string of the molecule is COC(=O)N[C@H](C(=O)N1CCC[C@H]1c1ncc(-c2ccc(-c3ccc(-c4ccc(-c5cnc([C@@H]6CCCN6C(=O)[C@@H](NC(=O)OC)C(C)C)[nH]5)cc4)n3-c3ccc(CP(=O)(O)O)cc3)cc2)[nH]1)C(C)C. The number of alkyl carbamates (subject to hydrolysis) is 2. The number of H-pyrrole nitrogens is 2. The zero-order valence-corrected chi connectivity index (χ0v) is 41.0. The highest BCUT2D eigenvalue weighted by Gasteiger charge is 2.39. The van der Waals surface area contributed by atoms with E-state index in [2.05, 4.69) is 25.2 Å². The maximum absolute atomic E-state index is 13.7. The summed E-state index contributed by atoms with van der Waals surface area (Å²) >= 11 is 0. The van der Waals surface area contributed by atoms with Crippen LogP contribution in [0.5, 0.6) is 0 Å². The number of methoxy groups -OCH3 is 2. The minimum atomic E-state index is -4.28. The number of hydrogen-bond donors (Lipinski definition) is 6. The summed E-state index contributed by atoms with van der Waals surface area (Å²) in [6.45, 7) is 8.63. The van der Waals surface area contributed by atoms with Crippen molar-refractivity contribution in [3.8, 4) is 50.7 Å². The first kappa shape index (κ1) is 49.4. The fourth-order valence-electron chi connectivity index (χ4n) is 9.49. The van der Waals surface area contributed by atoms with Gasteiger partial charge in [-0.15, -0.1) is 0 Å². The number of nitrogens with one attached hydrogen (secondary N) is 4. The summed E-state index contributed by atoms with van der Waals surface area (Å²) in [7, 11) is -1.73. The molecule has 0 spiro atoms. The van der Waals surface area contributed by atoms with Crippen LogP contribution in [0.2, 0.25) is 0 Å². The Morgan fingerprint density at radius 3 is 1.41 bits per heavy atom. The van der Waals surface area contributed by atoms with Crippen LogP contribution < -0.4 is 10.6 Å². The van der Waals surface area contributed by atoms with Crippen LogP contribution in [0, 0.1) is 11.8 Å². The molecule has 2 saturated heterocycles. The minimum absolute atomic E-state index is 0.148. The summed E-state index contributed by atoms with van der Waals surface area (Å²) in [4.78, 5) is 90.8. The van der Waals surface area contributed by atoms with E-state index in [4.69, 9.17) is 19.4 Å². The third-order valence-corrected chi connectivity index (χ3v) is 13.9. The van der Waals surface area contributed by atoms with E-state index in [1.54, 1.807) is 34.3 Å². The average molecular weight is 974 g/mol. The van der Waals surface area contributed by atoms with E-state index in [0.29, 0.717) is 30.3 Å². The molecule has 8 rings (SSSR count). The molecule has 6 aromatic rings. The zero-order valence-electron chi connectivity index (χ0n) is 40.1. The van der Waals surface area contributed by atoms with E-state index in [1.165, 1.54) is 14.2 Å². The van der Waals surface area contributed by atoms with Crippen LogP contribution in [0.25, 0.3) is 50.7 Å². The molecule has 2 aliphatic heterocycles. The molecule has 2 aliphatic rings. The second kappa shape index (κ2) is 20.9. The lowest BCUT2D eigenvalue weighted by Crippen LogP contribution is -2.51. The van der Waals surface area contributed by atoms with Crippen molar-refractivity contribution < 1.29 is 43.0 Å². The van der Waals surface area contributed by atoms with Crippen LogP contribution in [-0.2, 0) is 29.8 Å². The third-order valence-electron chi connectivity index (χ3n) is 13.1. The summed E-state index contributed by atoms with van der Waals surface area (Å²) in [5.74, 6) is 0.688. The summed E-state index contributed by atoms with van der Waals surface area (Å²) in [5.41, 5.74) is 8.28. The van der Waals surface area contributed by atoms with Crippen LogP contribution in [0.4, 0.5) is 9.59 Å². The lowest BCUT2D eigenvalue weighted by atomic mass is 10.0.